The van der Waals surface area contributed by atoms with E-state index in [1.54, 1.807) is 18.9 Å². The highest BCUT2D eigenvalue weighted by atomic mass is 32.2. The van der Waals surface area contributed by atoms with Gasteiger partial charge < -0.3 is 9.64 Å². The first-order chi connectivity index (χ1) is 10.3. The third-order valence-electron chi connectivity index (χ3n) is 5.36. The molecule has 3 nitrogen and oxygen atoms in total. The summed E-state index contributed by atoms with van der Waals surface area (Å²) in [6.07, 6.45) is 5.26. The molecule has 4 heteroatoms. The Morgan fingerprint density at radius 3 is 2.62 bits per heavy atom. The van der Waals surface area contributed by atoms with Gasteiger partial charge in [0.05, 0.1) is 12.9 Å². The minimum absolute atomic E-state index is 0.202. The highest BCUT2D eigenvalue weighted by Gasteiger charge is 2.48. The van der Waals surface area contributed by atoms with Crippen LogP contribution in [0, 0.1) is 11.8 Å². The van der Waals surface area contributed by atoms with Crippen molar-refractivity contribution in [3.8, 4) is 5.75 Å². The summed E-state index contributed by atoms with van der Waals surface area (Å²) in [5, 5.41) is 0.202. The van der Waals surface area contributed by atoms with E-state index in [1.165, 1.54) is 31.2 Å². The minimum Gasteiger partial charge on any atom is -0.497 e. The summed E-state index contributed by atoms with van der Waals surface area (Å²) in [7, 11) is 1.68. The Hall–Kier alpha value is -1.16. The lowest BCUT2D eigenvalue weighted by Crippen LogP contribution is -2.41. The standard InChI is InChI=1S/C17H21NO2S/c1-20-14-6-4-12(5-7-14)17-18(16(19)10-21-17)15-9-11-2-3-13(15)8-11/h4-7,11,13,15,17H,2-3,8-10H2,1H3. The molecule has 4 unspecified atom stereocenters. The average molecular weight is 303 g/mol. The van der Waals surface area contributed by atoms with Crippen LogP contribution in [0.15, 0.2) is 24.3 Å². The smallest absolute Gasteiger partial charge is 0.234 e. The number of carbonyl (C=O) groups excluding carboxylic acids is 1. The first kappa shape index (κ1) is 13.5. The van der Waals surface area contributed by atoms with Gasteiger partial charge >= 0.3 is 0 Å². The molecule has 0 radical (unpaired) electrons. The van der Waals surface area contributed by atoms with E-state index in [4.69, 9.17) is 4.74 Å². The summed E-state index contributed by atoms with van der Waals surface area (Å²) in [6.45, 7) is 0. The van der Waals surface area contributed by atoms with Gasteiger partial charge in [-0.05, 0) is 48.8 Å². The highest BCUT2D eigenvalue weighted by molar-refractivity contribution is 8.00. The predicted octanol–water partition coefficient (Wildman–Crippen LogP) is 3.46. The Kier molecular flexibility index (Phi) is 3.37. The Morgan fingerprint density at radius 2 is 2.00 bits per heavy atom. The van der Waals surface area contributed by atoms with E-state index in [2.05, 4.69) is 17.0 Å². The van der Waals surface area contributed by atoms with Gasteiger partial charge in [-0.3, -0.25) is 4.79 Å². The monoisotopic (exact) mass is 303 g/mol. The second kappa shape index (κ2) is 5.24. The van der Waals surface area contributed by atoms with Gasteiger partial charge in [0, 0.05) is 6.04 Å². The topological polar surface area (TPSA) is 29.5 Å². The van der Waals surface area contributed by atoms with Crippen molar-refractivity contribution in [2.75, 3.05) is 12.9 Å². The van der Waals surface area contributed by atoms with Crippen molar-refractivity contribution < 1.29 is 9.53 Å². The summed E-state index contributed by atoms with van der Waals surface area (Å²) in [5.41, 5.74) is 1.23. The molecule has 4 rings (SSSR count). The maximum Gasteiger partial charge on any atom is 0.234 e. The molecule has 2 saturated carbocycles. The van der Waals surface area contributed by atoms with Crippen molar-refractivity contribution >= 4 is 17.7 Å². The Morgan fingerprint density at radius 1 is 1.19 bits per heavy atom. The fourth-order valence-electron chi connectivity index (χ4n) is 4.37. The van der Waals surface area contributed by atoms with Crippen LogP contribution >= 0.6 is 11.8 Å². The second-order valence-corrected chi connectivity index (χ2v) is 7.55. The predicted molar refractivity (Wildman–Crippen MR) is 84.3 cm³/mol. The number of hydrogen-bond donors (Lipinski definition) is 0. The van der Waals surface area contributed by atoms with Crippen LogP contribution in [0.4, 0.5) is 0 Å². The zero-order valence-electron chi connectivity index (χ0n) is 12.3. The van der Waals surface area contributed by atoms with Gasteiger partial charge in [-0.15, -0.1) is 11.8 Å². The molecule has 3 aliphatic rings. The summed E-state index contributed by atoms with van der Waals surface area (Å²) >= 11 is 1.77. The number of rotatable bonds is 3. The van der Waals surface area contributed by atoms with Crippen molar-refractivity contribution in [1.29, 1.82) is 0 Å². The summed E-state index contributed by atoms with van der Waals surface area (Å²) in [5.74, 6) is 3.45. The van der Waals surface area contributed by atoms with Gasteiger partial charge in [-0.25, -0.2) is 0 Å². The van der Waals surface area contributed by atoms with E-state index in [1.807, 2.05) is 12.1 Å². The molecule has 0 aromatic heterocycles. The van der Waals surface area contributed by atoms with Crippen molar-refractivity contribution in [3.63, 3.8) is 0 Å². The molecule has 1 amide bonds. The van der Waals surface area contributed by atoms with Crippen LogP contribution in [0.25, 0.3) is 0 Å². The van der Waals surface area contributed by atoms with Crippen LogP contribution in [-0.2, 0) is 4.79 Å². The molecule has 0 N–H and O–H groups in total. The molecule has 4 atom stereocenters. The van der Waals surface area contributed by atoms with E-state index in [0.717, 1.165) is 17.6 Å². The first-order valence-electron chi connectivity index (χ1n) is 7.83. The largest absolute Gasteiger partial charge is 0.497 e. The van der Waals surface area contributed by atoms with E-state index >= 15 is 0 Å². The number of hydrogen-bond acceptors (Lipinski definition) is 3. The van der Waals surface area contributed by atoms with Gasteiger partial charge in [0.1, 0.15) is 11.1 Å². The van der Waals surface area contributed by atoms with Crippen molar-refractivity contribution in [1.82, 2.24) is 4.90 Å². The fraction of sp³-hybridized carbons (Fsp3) is 0.588. The maximum absolute atomic E-state index is 12.4. The minimum atomic E-state index is 0.202. The molecule has 21 heavy (non-hydrogen) atoms. The molecule has 3 fully saturated rings. The lowest BCUT2D eigenvalue weighted by Gasteiger charge is -2.35. The molecule has 112 valence electrons. The van der Waals surface area contributed by atoms with Gasteiger partial charge in [0.25, 0.3) is 0 Å². The van der Waals surface area contributed by atoms with Crippen molar-refractivity contribution in [3.05, 3.63) is 29.8 Å². The zero-order valence-corrected chi connectivity index (χ0v) is 13.1. The van der Waals surface area contributed by atoms with Crippen LogP contribution in [0.2, 0.25) is 0 Å². The molecule has 1 aliphatic heterocycles. The molecular formula is C17H21NO2S. The number of carbonyl (C=O) groups is 1. The SMILES string of the molecule is COc1ccc(C2SCC(=O)N2C2CC3CCC2C3)cc1. The number of ether oxygens (including phenoxy) is 1. The van der Waals surface area contributed by atoms with Crippen LogP contribution < -0.4 is 4.74 Å². The Labute approximate surface area is 130 Å². The van der Waals surface area contributed by atoms with Crippen molar-refractivity contribution in [2.45, 2.75) is 37.1 Å². The summed E-state index contributed by atoms with van der Waals surface area (Å²) < 4.78 is 5.23. The molecule has 1 aromatic rings. The van der Waals surface area contributed by atoms with Gasteiger partial charge in [0.15, 0.2) is 0 Å². The third kappa shape index (κ3) is 2.24. The van der Waals surface area contributed by atoms with E-state index in [0.29, 0.717) is 17.7 Å². The van der Waals surface area contributed by atoms with E-state index < -0.39 is 0 Å². The van der Waals surface area contributed by atoms with Gasteiger partial charge in [0.2, 0.25) is 5.91 Å². The second-order valence-electron chi connectivity index (χ2n) is 6.48. The number of nitrogens with zero attached hydrogens (tertiary/aromatic N) is 1. The van der Waals surface area contributed by atoms with E-state index in [9.17, 15) is 4.79 Å². The van der Waals surface area contributed by atoms with Crippen LogP contribution in [0.5, 0.6) is 5.75 Å². The molecule has 0 spiro atoms. The molecule has 1 aromatic carbocycles. The quantitative estimate of drug-likeness (QED) is 0.856. The van der Waals surface area contributed by atoms with Crippen LogP contribution in [-0.4, -0.2) is 29.7 Å². The first-order valence-corrected chi connectivity index (χ1v) is 8.88. The van der Waals surface area contributed by atoms with Gasteiger partial charge in [-0.2, -0.15) is 0 Å². The molecule has 2 aliphatic carbocycles. The number of fused-ring (bicyclic) bond motifs is 2. The van der Waals surface area contributed by atoms with Crippen LogP contribution in [0.1, 0.15) is 36.6 Å². The molecule has 1 saturated heterocycles. The maximum atomic E-state index is 12.4. The van der Waals surface area contributed by atoms with E-state index in [-0.39, 0.29) is 5.37 Å². The lowest BCUT2D eigenvalue weighted by molar-refractivity contribution is -0.131. The zero-order chi connectivity index (χ0) is 14.4. The normalized spacial score (nSPS) is 34.7. The lowest BCUT2D eigenvalue weighted by atomic mass is 9.93. The highest BCUT2D eigenvalue weighted by Crippen LogP contribution is 2.51. The molecule has 2 bridgehead atoms. The van der Waals surface area contributed by atoms with Gasteiger partial charge in [-0.1, -0.05) is 18.6 Å². The number of thioether (sulfide) groups is 1. The van der Waals surface area contributed by atoms with Crippen molar-refractivity contribution in [2.24, 2.45) is 11.8 Å². The molecular weight excluding hydrogens is 282 g/mol. The third-order valence-corrected chi connectivity index (χ3v) is 6.59. The summed E-state index contributed by atoms with van der Waals surface area (Å²) in [4.78, 5) is 14.6. The number of amides is 1. The fourth-order valence-corrected chi connectivity index (χ4v) is 5.61. The average Bonchev–Trinajstić information content (AvgIpc) is 3.22. The Bertz CT molecular complexity index is 544. The number of benzene rings is 1. The number of methoxy groups -OCH3 is 1. The summed E-state index contributed by atoms with van der Waals surface area (Å²) in [6, 6.07) is 8.69. The van der Waals surface area contributed by atoms with Crippen LogP contribution in [0.3, 0.4) is 0 Å². The molecule has 1 heterocycles. The Balaban J connectivity index is 1.59.